The van der Waals surface area contributed by atoms with Gasteiger partial charge in [-0.05, 0) is 49.5 Å². The molecule has 0 aromatic heterocycles. The minimum Gasteiger partial charge on any atom is -0.295 e. The van der Waals surface area contributed by atoms with Gasteiger partial charge in [-0.1, -0.05) is 31.6 Å². The van der Waals surface area contributed by atoms with Crippen LogP contribution in [0.15, 0.2) is 23.8 Å². The smallest absolute Gasteiger partial charge is 0.152 e. The van der Waals surface area contributed by atoms with Crippen molar-refractivity contribution in [1.82, 2.24) is 0 Å². The van der Waals surface area contributed by atoms with E-state index in [-0.39, 0.29) is 5.78 Å². The second-order valence-electron chi connectivity index (χ2n) is 5.52. The summed E-state index contributed by atoms with van der Waals surface area (Å²) in [6.07, 6.45) is 9.90. The molecule has 0 N–H and O–H groups in total. The van der Waals surface area contributed by atoms with Crippen molar-refractivity contribution in [2.75, 3.05) is 0 Å². The van der Waals surface area contributed by atoms with E-state index in [9.17, 15) is 4.79 Å². The van der Waals surface area contributed by atoms with Gasteiger partial charge in [-0.25, -0.2) is 0 Å². The van der Waals surface area contributed by atoms with E-state index < -0.39 is 0 Å². The summed E-state index contributed by atoms with van der Waals surface area (Å²) < 4.78 is 0. The van der Waals surface area contributed by atoms with Gasteiger partial charge in [0.15, 0.2) is 5.78 Å². The quantitative estimate of drug-likeness (QED) is 0.629. The lowest BCUT2D eigenvalue weighted by Crippen LogP contribution is -2.22. The minimum atomic E-state index is 0.132. The fourth-order valence-corrected chi connectivity index (χ4v) is 3.32. The van der Waals surface area contributed by atoms with Crippen molar-refractivity contribution in [1.29, 1.82) is 0 Å². The molecule has 2 saturated carbocycles. The van der Waals surface area contributed by atoms with Crippen LogP contribution in [0.1, 0.15) is 40.0 Å². The van der Waals surface area contributed by atoms with Crippen LogP contribution in [0.4, 0.5) is 0 Å². The molecule has 2 aliphatic rings. The number of carbonyl (C=O) groups is 1. The Kier molecular flexibility index (Phi) is 2.57. The van der Waals surface area contributed by atoms with Crippen molar-refractivity contribution in [3.8, 4) is 0 Å². The molecule has 1 nitrogen and oxygen atoms in total. The van der Waals surface area contributed by atoms with E-state index in [1.807, 2.05) is 6.08 Å². The van der Waals surface area contributed by atoms with Crippen LogP contribution < -0.4 is 0 Å². The molecule has 0 aromatic carbocycles. The van der Waals surface area contributed by atoms with Gasteiger partial charge in [-0.2, -0.15) is 0 Å². The predicted molar refractivity (Wildman–Crippen MR) is 62.5 cm³/mol. The van der Waals surface area contributed by atoms with E-state index in [2.05, 4.69) is 19.9 Å². The van der Waals surface area contributed by atoms with Gasteiger partial charge in [0.2, 0.25) is 0 Å². The SMILES string of the molecule is CC(=O)/C=C/C=C1/[C@@H]2CC[C@H](C2)C1(C)C. The molecular formula is C14H20O. The zero-order valence-electron chi connectivity index (χ0n) is 9.92. The van der Waals surface area contributed by atoms with Crippen molar-refractivity contribution < 1.29 is 4.79 Å². The number of hydrogen-bond acceptors (Lipinski definition) is 1. The molecular weight excluding hydrogens is 184 g/mol. The highest BCUT2D eigenvalue weighted by Gasteiger charge is 2.48. The van der Waals surface area contributed by atoms with Crippen molar-refractivity contribution >= 4 is 5.78 Å². The minimum absolute atomic E-state index is 0.132. The van der Waals surface area contributed by atoms with Gasteiger partial charge >= 0.3 is 0 Å². The van der Waals surface area contributed by atoms with E-state index in [0.29, 0.717) is 5.41 Å². The highest BCUT2D eigenvalue weighted by atomic mass is 16.1. The van der Waals surface area contributed by atoms with Crippen LogP contribution in [-0.2, 0) is 4.79 Å². The maximum atomic E-state index is 10.8. The van der Waals surface area contributed by atoms with Crippen LogP contribution in [-0.4, -0.2) is 5.78 Å². The first-order chi connectivity index (χ1) is 7.01. The fourth-order valence-electron chi connectivity index (χ4n) is 3.32. The maximum absolute atomic E-state index is 10.8. The fraction of sp³-hybridized carbons (Fsp3) is 0.643. The predicted octanol–water partition coefficient (Wildman–Crippen LogP) is 3.51. The summed E-state index contributed by atoms with van der Waals surface area (Å²) in [6, 6.07) is 0. The van der Waals surface area contributed by atoms with E-state index >= 15 is 0 Å². The summed E-state index contributed by atoms with van der Waals surface area (Å²) in [5.41, 5.74) is 1.93. The van der Waals surface area contributed by atoms with Gasteiger partial charge < -0.3 is 0 Å². The van der Waals surface area contributed by atoms with Crippen LogP contribution in [0.2, 0.25) is 0 Å². The third-order valence-corrected chi connectivity index (χ3v) is 4.24. The third kappa shape index (κ3) is 1.80. The molecule has 1 heteroatoms. The molecule has 15 heavy (non-hydrogen) atoms. The molecule has 2 rings (SSSR count). The van der Waals surface area contributed by atoms with Crippen LogP contribution in [0.5, 0.6) is 0 Å². The average Bonchev–Trinajstić information content (AvgIpc) is 2.66. The van der Waals surface area contributed by atoms with Crippen molar-refractivity contribution in [2.24, 2.45) is 17.3 Å². The Labute approximate surface area is 92.3 Å². The first-order valence-corrected chi connectivity index (χ1v) is 5.91. The molecule has 0 unspecified atom stereocenters. The second-order valence-corrected chi connectivity index (χ2v) is 5.52. The monoisotopic (exact) mass is 204 g/mol. The lowest BCUT2D eigenvalue weighted by atomic mass is 9.72. The number of rotatable bonds is 2. The summed E-state index contributed by atoms with van der Waals surface area (Å²) in [4.78, 5) is 10.8. The van der Waals surface area contributed by atoms with Crippen LogP contribution in [0, 0.1) is 17.3 Å². The van der Waals surface area contributed by atoms with E-state index in [1.54, 1.807) is 18.6 Å². The molecule has 2 bridgehead atoms. The topological polar surface area (TPSA) is 17.1 Å². The molecule has 0 heterocycles. The number of fused-ring (bicyclic) bond motifs is 2. The number of ketones is 1. The van der Waals surface area contributed by atoms with Gasteiger partial charge in [-0.15, -0.1) is 0 Å². The van der Waals surface area contributed by atoms with Crippen molar-refractivity contribution in [3.05, 3.63) is 23.8 Å². The number of carbonyl (C=O) groups excluding carboxylic acids is 1. The molecule has 0 saturated heterocycles. The molecule has 0 aromatic rings. The van der Waals surface area contributed by atoms with E-state index in [1.165, 1.54) is 19.3 Å². The molecule has 82 valence electrons. The normalized spacial score (nSPS) is 35.5. The Morgan fingerprint density at radius 1 is 1.40 bits per heavy atom. The lowest BCUT2D eigenvalue weighted by molar-refractivity contribution is -0.112. The first-order valence-electron chi connectivity index (χ1n) is 5.91. The Hall–Kier alpha value is -0.850. The molecule has 2 atom stereocenters. The number of allylic oxidation sites excluding steroid dienone is 4. The van der Waals surface area contributed by atoms with Gasteiger partial charge in [0.05, 0.1) is 0 Å². The summed E-state index contributed by atoms with van der Waals surface area (Å²) >= 11 is 0. The van der Waals surface area contributed by atoms with Crippen LogP contribution in [0.3, 0.4) is 0 Å². The second kappa shape index (κ2) is 3.62. The highest BCUT2D eigenvalue weighted by molar-refractivity contribution is 5.87. The summed E-state index contributed by atoms with van der Waals surface area (Å²) in [5, 5.41) is 0. The largest absolute Gasteiger partial charge is 0.295 e. The van der Waals surface area contributed by atoms with Gasteiger partial charge in [0.1, 0.15) is 0 Å². The Morgan fingerprint density at radius 3 is 2.67 bits per heavy atom. The van der Waals surface area contributed by atoms with E-state index in [4.69, 9.17) is 0 Å². The van der Waals surface area contributed by atoms with Gasteiger partial charge in [0.25, 0.3) is 0 Å². The summed E-state index contributed by atoms with van der Waals surface area (Å²) in [6.45, 7) is 6.30. The Bertz CT molecular complexity index is 333. The Balaban J connectivity index is 2.18. The molecule has 2 fully saturated rings. The zero-order valence-corrected chi connectivity index (χ0v) is 9.92. The lowest BCUT2D eigenvalue weighted by Gasteiger charge is -2.32. The average molecular weight is 204 g/mol. The van der Waals surface area contributed by atoms with Gasteiger partial charge in [-0.3, -0.25) is 4.79 Å². The molecule has 0 spiro atoms. The summed E-state index contributed by atoms with van der Waals surface area (Å²) in [7, 11) is 0. The van der Waals surface area contributed by atoms with Crippen molar-refractivity contribution in [3.63, 3.8) is 0 Å². The van der Waals surface area contributed by atoms with Gasteiger partial charge in [0, 0.05) is 0 Å². The third-order valence-electron chi connectivity index (χ3n) is 4.24. The number of hydrogen-bond donors (Lipinski definition) is 0. The van der Waals surface area contributed by atoms with E-state index in [0.717, 1.165) is 11.8 Å². The Morgan fingerprint density at radius 2 is 2.13 bits per heavy atom. The molecule has 0 amide bonds. The van der Waals surface area contributed by atoms with Crippen LogP contribution in [0.25, 0.3) is 0 Å². The van der Waals surface area contributed by atoms with Crippen molar-refractivity contribution in [2.45, 2.75) is 40.0 Å². The first kappa shape index (κ1) is 10.7. The van der Waals surface area contributed by atoms with Crippen LogP contribution >= 0.6 is 0 Å². The standard InChI is InChI=1S/C14H20O/c1-10(15)5-4-6-13-11-7-8-12(9-11)14(13,2)3/h4-6,11-12H,7-9H2,1-3H3/b5-4+,13-6-/t11-,12-/m1/s1. The highest BCUT2D eigenvalue weighted by Crippen LogP contribution is 2.58. The zero-order chi connectivity index (χ0) is 11.1. The molecule has 0 radical (unpaired) electrons. The maximum Gasteiger partial charge on any atom is 0.152 e. The molecule has 2 aliphatic carbocycles. The summed E-state index contributed by atoms with van der Waals surface area (Å²) in [5.74, 6) is 1.80. The molecule has 0 aliphatic heterocycles.